The van der Waals surface area contributed by atoms with E-state index in [1.807, 2.05) is 30.3 Å². The van der Waals surface area contributed by atoms with E-state index in [4.69, 9.17) is 0 Å². The number of hydrogen-bond acceptors (Lipinski definition) is 1. The summed E-state index contributed by atoms with van der Waals surface area (Å²) in [5.41, 5.74) is 0.486. The fourth-order valence-electron chi connectivity index (χ4n) is 2.25. The van der Waals surface area contributed by atoms with Crippen LogP contribution in [0.3, 0.4) is 0 Å². The molecule has 2 heteroatoms. The first-order chi connectivity index (χ1) is 7.02. The first kappa shape index (κ1) is 10.7. The molecule has 1 heterocycles. The molecule has 0 aliphatic carbocycles. The SMILES string of the molecule is C[N+]1(C)CCC(O)(c2ccccc2)CC1. The first-order valence-electron chi connectivity index (χ1n) is 5.62. The van der Waals surface area contributed by atoms with Crippen molar-refractivity contribution in [2.24, 2.45) is 0 Å². The number of nitrogens with zero attached hydrogens (tertiary/aromatic N) is 1. The number of likely N-dealkylation sites (tertiary alicyclic amines) is 1. The van der Waals surface area contributed by atoms with Crippen molar-refractivity contribution in [2.45, 2.75) is 18.4 Å². The van der Waals surface area contributed by atoms with Crippen LogP contribution in [0.25, 0.3) is 0 Å². The second kappa shape index (κ2) is 3.62. The lowest BCUT2D eigenvalue weighted by Gasteiger charge is -2.42. The Hall–Kier alpha value is -0.860. The molecule has 2 rings (SSSR count). The average Bonchev–Trinajstić information content (AvgIpc) is 2.24. The summed E-state index contributed by atoms with van der Waals surface area (Å²) in [6.07, 6.45) is 1.73. The summed E-state index contributed by atoms with van der Waals surface area (Å²) in [6, 6.07) is 10.1. The van der Waals surface area contributed by atoms with Crippen LogP contribution in [0, 0.1) is 0 Å². The largest absolute Gasteiger partial charge is 0.385 e. The van der Waals surface area contributed by atoms with Gasteiger partial charge in [-0.15, -0.1) is 0 Å². The van der Waals surface area contributed by atoms with Crippen LogP contribution in [-0.4, -0.2) is 36.8 Å². The molecule has 1 aromatic carbocycles. The average molecular weight is 206 g/mol. The predicted octanol–water partition coefficient (Wildman–Crippen LogP) is 1.74. The van der Waals surface area contributed by atoms with Gasteiger partial charge in [0, 0.05) is 12.8 Å². The molecule has 0 aromatic heterocycles. The topological polar surface area (TPSA) is 20.2 Å². The van der Waals surface area contributed by atoms with Gasteiger partial charge in [0.2, 0.25) is 0 Å². The maximum Gasteiger partial charge on any atom is 0.100 e. The minimum Gasteiger partial charge on any atom is -0.385 e. The van der Waals surface area contributed by atoms with Crippen LogP contribution in [-0.2, 0) is 5.60 Å². The van der Waals surface area contributed by atoms with Crippen LogP contribution in [0.5, 0.6) is 0 Å². The van der Waals surface area contributed by atoms with Crippen molar-refractivity contribution in [1.29, 1.82) is 0 Å². The maximum absolute atomic E-state index is 10.6. The summed E-state index contributed by atoms with van der Waals surface area (Å²) in [7, 11) is 4.45. The van der Waals surface area contributed by atoms with Crippen LogP contribution in [0.1, 0.15) is 18.4 Å². The van der Waals surface area contributed by atoms with Crippen molar-refractivity contribution in [2.75, 3.05) is 27.2 Å². The summed E-state index contributed by atoms with van der Waals surface area (Å²) in [5, 5.41) is 10.6. The first-order valence-corrected chi connectivity index (χ1v) is 5.62. The van der Waals surface area contributed by atoms with Gasteiger partial charge in [-0.05, 0) is 5.56 Å². The Morgan fingerprint density at radius 1 is 1.07 bits per heavy atom. The minimum atomic E-state index is -0.588. The van der Waals surface area contributed by atoms with Crippen LogP contribution in [0.2, 0.25) is 0 Å². The number of piperidine rings is 1. The molecule has 82 valence electrons. The minimum absolute atomic E-state index is 0.588. The highest BCUT2D eigenvalue weighted by Crippen LogP contribution is 2.33. The van der Waals surface area contributed by atoms with E-state index in [1.54, 1.807) is 0 Å². The highest BCUT2D eigenvalue weighted by Gasteiger charge is 2.38. The maximum atomic E-state index is 10.6. The number of hydrogen-bond donors (Lipinski definition) is 1. The summed E-state index contributed by atoms with van der Waals surface area (Å²) in [6.45, 7) is 2.09. The predicted molar refractivity (Wildman–Crippen MR) is 61.4 cm³/mol. The molecule has 0 bridgehead atoms. The Bertz CT molecular complexity index is 322. The lowest BCUT2D eigenvalue weighted by Crippen LogP contribution is -2.51. The Kier molecular flexibility index (Phi) is 2.57. The van der Waals surface area contributed by atoms with Gasteiger partial charge in [0.05, 0.1) is 27.2 Å². The number of aliphatic hydroxyl groups is 1. The second-order valence-corrected chi connectivity index (χ2v) is 5.28. The molecule has 0 amide bonds. The summed E-state index contributed by atoms with van der Waals surface area (Å²) < 4.78 is 1.02. The van der Waals surface area contributed by atoms with Crippen molar-refractivity contribution < 1.29 is 9.59 Å². The molecular formula is C13H20NO+. The number of rotatable bonds is 1. The van der Waals surface area contributed by atoms with Gasteiger partial charge in [0.15, 0.2) is 0 Å². The van der Waals surface area contributed by atoms with Crippen LogP contribution < -0.4 is 0 Å². The van der Waals surface area contributed by atoms with Crippen molar-refractivity contribution in [3.05, 3.63) is 35.9 Å². The molecular weight excluding hydrogens is 186 g/mol. The van der Waals surface area contributed by atoms with Crippen LogP contribution in [0.4, 0.5) is 0 Å². The normalized spacial score (nSPS) is 23.7. The smallest absolute Gasteiger partial charge is 0.100 e. The highest BCUT2D eigenvalue weighted by atomic mass is 16.3. The van der Waals surface area contributed by atoms with Crippen molar-refractivity contribution >= 4 is 0 Å². The molecule has 15 heavy (non-hydrogen) atoms. The van der Waals surface area contributed by atoms with Crippen LogP contribution in [0.15, 0.2) is 30.3 Å². The molecule has 2 nitrogen and oxygen atoms in total. The summed E-state index contributed by atoms with van der Waals surface area (Å²) in [4.78, 5) is 0. The van der Waals surface area contributed by atoms with Crippen molar-refractivity contribution in [3.8, 4) is 0 Å². The third kappa shape index (κ3) is 2.21. The molecule has 1 aliphatic rings. The molecule has 0 spiro atoms. The van der Waals surface area contributed by atoms with E-state index >= 15 is 0 Å². The van der Waals surface area contributed by atoms with Crippen LogP contribution >= 0.6 is 0 Å². The third-order valence-corrected chi connectivity index (χ3v) is 3.57. The fraction of sp³-hybridized carbons (Fsp3) is 0.538. The van der Waals surface area contributed by atoms with E-state index in [0.29, 0.717) is 0 Å². The van der Waals surface area contributed by atoms with Crippen molar-refractivity contribution in [1.82, 2.24) is 0 Å². The lowest BCUT2D eigenvalue weighted by atomic mass is 9.84. The van der Waals surface area contributed by atoms with Gasteiger partial charge in [-0.1, -0.05) is 30.3 Å². The molecule has 1 N–H and O–H groups in total. The van der Waals surface area contributed by atoms with Gasteiger partial charge in [-0.3, -0.25) is 0 Å². The monoisotopic (exact) mass is 206 g/mol. The van der Waals surface area contributed by atoms with Gasteiger partial charge in [-0.25, -0.2) is 0 Å². The molecule has 0 saturated carbocycles. The second-order valence-electron chi connectivity index (χ2n) is 5.28. The zero-order valence-electron chi connectivity index (χ0n) is 9.61. The Morgan fingerprint density at radius 3 is 2.13 bits per heavy atom. The molecule has 0 unspecified atom stereocenters. The Morgan fingerprint density at radius 2 is 1.60 bits per heavy atom. The number of quaternary nitrogens is 1. The molecule has 0 atom stereocenters. The Balaban J connectivity index is 2.17. The highest BCUT2D eigenvalue weighted by molar-refractivity contribution is 5.22. The molecule has 1 aliphatic heterocycles. The Labute approximate surface area is 91.7 Å². The van der Waals surface area contributed by atoms with E-state index in [9.17, 15) is 5.11 Å². The molecule has 1 fully saturated rings. The van der Waals surface area contributed by atoms with E-state index in [1.165, 1.54) is 0 Å². The van der Waals surface area contributed by atoms with Gasteiger partial charge < -0.3 is 9.59 Å². The summed E-state index contributed by atoms with van der Waals surface area (Å²) >= 11 is 0. The van der Waals surface area contributed by atoms with Gasteiger partial charge in [0.25, 0.3) is 0 Å². The standard InChI is InChI=1S/C13H20NO/c1-14(2)10-8-13(15,9-11-14)12-6-4-3-5-7-12/h3-7,15H,8-11H2,1-2H3/q+1. The molecule has 0 radical (unpaired) electrons. The van der Waals surface area contributed by atoms with E-state index in [-0.39, 0.29) is 0 Å². The zero-order valence-corrected chi connectivity index (χ0v) is 9.61. The van der Waals surface area contributed by atoms with Gasteiger partial charge >= 0.3 is 0 Å². The lowest BCUT2D eigenvalue weighted by molar-refractivity contribution is -0.897. The zero-order chi connectivity index (χ0) is 10.9. The van der Waals surface area contributed by atoms with E-state index in [2.05, 4.69) is 14.1 Å². The van der Waals surface area contributed by atoms with E-state index < -0.39 is 5.60 Å². The molecule has 1 aromatic rings. The molecule has 1 saturated heterocycles. The van der Waals surface area contributed by atoms with Gasteiger partial charge in [0.1, 0.15) is 5.60 Å². The van der Waals surface area contributed by atoms with Gasteiger partial charge in [-0.2, -0.15) is 0 Å². The van der Waals surface area contributed by atoms with Crippen molar-refractivity contribution in [3.63, 3.8) is 0 Å². The van der Waals surface area contributed by atoms with E-state index in [0.717, 1.165) is 36.0 Å². The fourth-order valence-corrected chi connectivity index (χ4v) is 2.25. The quantitative estimate of drug-likeness (QED) is 0.694. The third-order valence-electron chi connectivity index (χ3n) is 3.57. The number of benzene rings is 1. The summed E-state index contributed by atoms with van der Waals surface area (Å²) in [5.74, 6) is 0.